The summed E-state index contributed by atoms with van der Waals surface area (Å²) >= 11 is 0. The fraction of sp³-hybridized carbons (Fsp3) is 0.588. The van der Waals surface area contributed by atoms with Gasteiger partial charge in [-0.05, 0) is 30.2 Å². The van der Waals surface area contributed by atoms with Gasteiger partial charge in [0.1, 0.15) is 6.17 Å². The molecule has 3 unspecified atom stereocenters. The molecule has 3 heteroatoms. The van der Waals surface area contributed by atoms with Gasteiger partial charge in [-0.2, -0.15) is 0 Å². The minimum atomic E-state index is 0.0703. The Kier molecular flexibility index (Phi) is 4.06. The van der Waals surface area contributed by atoms with E-state index in [0.29, 0.717) is 12.5 Å². The Morgan fingerprint density at radius 2 is 2.05 bits per heavy atom. The Labute approximate surface area is 121 Å². The molecule has 1 aromatic rings. The molecule has 0 radical (unpaired) electrons. The Morgan fingerprint density at radius 3 is 2.80 bits per heavy atom. The van der Waals surface area contributed by atoms with Crippen molar-refractivity contribution in [1.82, 2.24) is 10.2 Å². The number of nitrogens with zero attached hydrogens (tertiary/aromatic N) is 1. The smallest absolute Gasteiger partial charge is 0.238 e. The molecule has 0 bridgehead atoms. The van der Waals surface area contributed by atoms with E-state index in [9.17, 15) is 4.79 Å². The van der Waals surface area contributed by atoms with Crippen molar-refractivity contribution in [3.63, 3.8) is 0 Å². The van der Waals surface area contributed by atoms with E-state index in [1.165, 1.54) is 31.2 Å². The fourth-order valence-electron chi connectivity index (χ4n) is 3.68. The molecule has 1 N–H and O–H groups in total. The third-order valence-corrected chi connectivity index (χ3v) is 4.69. The van der Waals surface area contributed by atoms with Gasteiger partial charge in [-0.3, -0.25) is 10.1 Å². The maximum Gasteiger partial charge on any atom is 0.238 e. The lowest BCUT2D eigenvalue weighted by Gasteiger charge is -2.33. The minimum absolute atomic E-state index is 0.0703. The Balaban J connectivity index is 1.71. The highest BCUT2D eigenvalue weighted by atomic mass is 16.2. The van der Waals surface area contributed by atoms with E-state index in [-0.39, 0.29) is 12.1 Å². The molecule has 1 aliphatic heterocycles. The molecule has 1 saturated heterocycles. The van der Waals surface area contributed by atoms with E-state index in [1.807, 2.05) is 18.2 Å². The second kappa shape index (κ2) is 5.96. The van der Waals surface area contributed by atoms with Crippen molar-refractivity contribution in [2.24, 2.45) is 11.8 Å². The zero-order valence-corrected chi connectivity index (χ0v) is 12.2. The molecule has 108 valence electrons. The van der Waals surface area contributed by atoms with E-state index in [0.717, 1.165) is 12.5 Å². The molecule has 20 heavy (non-hydrogen) atoms. The van der Waals surface area contributed by atoms with Gasteiger partial charge in [-0.25, -0.2) is 0 Å². The predicted octanol–water partition coefficient (Wildman–Crippen LogP) is 2.94. The lowest BCUT2D eigenvalue weighted by Crippen LogP contribution is -2.36. The van der Waals surface area contributed by atoms with Crippen LogP contribution in [0.5, 0.6) is 0 Å². The van der Waals surface area contributed by atoms with Crippen molar-refractivity contribution in [2.75, 3.05) is 13.1 Å². The van der Waals surface area contributed by atoms with Gasteiger partial charge in [-0.1, -0.05) is 50.1 Å². The van der Waals surface area contributed by atoms with Crippen molar-refractivity contribution in [2.45, 2.75) is 38.8 Å². The van der Waals surface area contributed by atoms with Crippen LogP contribution in [0.3, 0.4) is 0 Å². The molecule has 1 heterocycles. The van der Waals surface area contributed by atoms with Crippen molar-refractivity contribution in [3.8, 4) is 0 Å². The van der Waals surface area contributed by atoms with Crippen LogP contribution in [-0.4, -0.2) is 23.9 Å². The molecule has 1 amide bonds. The van der Waals surface area contributed by atoms with Crippen LogP contribution in [0.4, 0.5) is 0 Å². The van der Waals surface area contributed by atoms with Crippen molar-refractivity contribution in [3.05, 3.63) is 35.9 Å². The van der Waals surface area contributed by atoms with Crippen LogP contribution in [0.15, 0.2) is 30.3 Å². The normalized spacial score (nSPS) is 30.8. The molecule has 3 atom stereocenters. The summed E-state index contributed by atoms with van der Waals surface area (Å²) in [4.78, 5) is 14.2. The quantitative estimate of drug-likeness (QED) is 0.917. The summed E-state index contributed by atoms with van der Waals surface area (Å²) in [5.41, 5.74) is 1.20. The van der Waals surface area contributed by atoms with E-state index < -0.39 is 0 Å². The molecule has 3 nitrogen and oxygen atoms in total. The summed E-state index contributed by atoms with van der Waals surface area (Å²) in [7, 11) is 0. The maximum absolute atomic E-state index is 12.2. The molecule has 2 fully saturated rings. The van der Waals surface area contributed by atoms with Gasteiger partial charge in [0.2, 0.25) is 5.91 Å². The number of carbonyl (C=O) groups is 1. The average Bonchev–Trinajstić information content (AvgIpc) is 2.81. The van der Waals surface area contributed by atoms with Gasteiger partial charge in [-0.15, -0.1) is 0 Å². The largest absolute Gasteiger partial charge is 0.322 e. The lowest BCUT2D eigenvalue weighted by atomic mass is 9.82. The fourth-order valence-corrected chi connectivity index (χ4v) is 3.68. The van der Waals surface area contributed by atoms with Gasteiger partial charge in [0.25, 0.3) is 0 Å². The molecule has 3 rings (SSSR count). The van der Waals surface area contributed by atoms with Crippen LogP contribution in [-0.2, 0) is 4.79 Å². The number of carbonyl (C=O) groups excluding carboxylic acids is 1. The molecule has 0 spiro atoms. The van der Waals surface area contributed by atoms with Crippen LogP contribution in [0.25, 0.3) is 0 Å². The third kappa shape index (κ3) is 2.88. The van der Waals surface area contributed by atoms with E-state index in [4.69, 9.17) is 0 Å². The van der Waals surface area contributed by atoms with Crippen LogP contribution >= 0.6 is 0 Å². The summed E-state index contributed by atoms with van der Waals surface area (Å²) in [5.74, 6) is 1.74. The summed E-state index contributed by atoms with van der Waals surface area (Å²) in [6.45, 7) is 3.72. The number of nitrogens with one attached hydrogen (secondary N) is 1. The highest BCUT2D eigenvalue weighted by Gasteiger charge is 2.33. The first kappa shape index (κ1) is 13.6. The number of hydrogen-bond donors (Lipinski definition) is 1. The van der Waals surface area contributed by atoms with Crippen LogP contribution in [0, 0.1) is 11.8 Å². The predicted molar refractivity (Wildman–Crippen MR) is 80.0 cm³/mol. The number of amides is 1. The van der Waals surface area contributed by atoms with Gasteiger partial charge >= 0.3 is 0 Å². The zero-order chi connectivity index (χ0) is 13.9. The number of benzene rings is 1. The van der Waals surface area contributed by atoms with Gasteiger partial charge in [0, 0.05) is 6.54 Å². The van der Waals surface area contributed by atoms with E-state index in [1.54, 1.807) is 0 Å². The molecule has 2 aliphatic rings. The average molecular weight is 272 g/mol. The lowest BCUT2D eigenvalue weighted by molar-refractivity contribution is -0.128. The van der Waals surface area contributed by atoms with Crippen LogP contribution in [0.1, 0.15) is 44.3 Å². The van der Waals surface area contributed by atoms with Gasteiger partial charge < -0.3 is 4.90 Å². The first-order chi connectivity index (χ1) is 9.74. The Hall–Kier alpha value is -1.35. The first-order valence-electron chi connectivity index (χ1n) is 7.82. The van der Waals surface area contributed by atoms with Crippen LogP contribution in [0.2, 0.25) is 0 Å². The van der Waals surface area contributed by atoms with Crippen molar-refractivity contribution < 1.29 is 4.79 Å². The molecule has 1 aromatic carbocycles. The monoisotopic (exact) mass is 272 g/mol. The maximum atomic E-state index is 12.2. The zero-order valence-electron chi connectivity index (χ0n) is 12.2. The van der Waals surface area contributed by atoms with Gasteiger partial charge in [0.05, 0.1) is 6.54 Å². The molecular formula is C17H24N2O. The standard InChI is InChI=1S/C17H24N2O/c1-13-6-5-7-14(10-13)12-19-16(20)11-18-17(19)15-8-3-2-4-9-15/h2-4,8-9,13-14,17-18H,5-7,10-12H2,1H3. The summed E-state index contributed by atoms with van der Waals surface area (Å²) in [5, 5.41) is 3.35. The van der Waals surface area contributed by atoms with Crippen molar-refractivity contribution >= 4 is 5.91 Å². The third-order valence-electron chi connectivity index (χ3n) is 4.69. The Morgan fingerprint density at radius 1 is 1.25 bits per heavy atom. The molecule has 1 saturated carbocycles. The van der Waals surface area contributed by atoms with E-state index >= 15 is 0 Å². The summed E-state index contributed by atoms with van der Waals surface area (Å²) in [6, 6.07) is 10.3. The van der Waals surface area contributed by atoms with E-state index in [2.05, 4.69) is 29.3 Å². The van der Waals surface area contributed by atoms with Gasteiger partial charge in [0.15, 0.2) is 0 Å². The molecule has 0 aromatic heterocycles. The Bertz CT molecular complexity index is 459. The minimum Gasteiger partial charge on any atom is -0.322 e. The van der Waals surface area contributed by atoms with Crippen molar-refractivity contribution in [1.29, 1.82) is 0 Å². The molecular weight excluding hydrogens is 248 g/mol. The second-order valence-corrected chi connectivity index (χ2v) is 6.38. The SMILES string of the molecule is CC1CCCC(CN2C(=O)CNC2c2ccccc2)C1. The van der Waals surface area contributed by atoms with Crippen LogP contribution < -0.4 is 5.32 Å². The topological polar surface area (TPSA) is 32.3 Å². The number of rotatable bonds is 3. The second-order valence-electron chi connectivity index (χ2n) is 6.38. The summed E-state index contributed by atoms with van der Waals surface area (Å²) < 4.78 is 0. The number of hydrogen-bond acceptors (Lipinski definition) is 2. The molecule has 1 aliphatic carbocycles. The highest BCUT2D eigenvalue weighted by Crippen LogP contribution is 2.32. The highest BCUT2D eigenvalue weighted by molar-refractivity contribution is 5.81. The summed E-state index contributed by atoms with van der Waals surface area (Å²) in [6.07, 6.45) is 5.28. The first-order valence-corrected chi connectivity index (χ1v) is 7.82.